The molecule has 7 nitrogen and oxygen atoms in total. The normalized spacial score (nSPS) is 40.0. The zero-order valence-corrected chi connectivity index (χ0v) is 18.1. The summed E-state index contributed by atoms with van der Waals surface area (Å²) in [6.07, 6.45) is 3.09. The van der Waals surface area contributed by atoms with E-state index in [0.29, 0.717) is 18.4 Å². The van der Waals surface area contributed by atoms with Gasteiger partial charge in [0, 0.05) is 41.4 Å². The number of esters is 3. The number of rotatable bonds is 4. The summed E-state index contributed by atoms with van der Waals surface area (Å²) in [6.45, 7) is 9.63. The molecule has 0 unspecified atom stereocenters. The summed E-state index contributed by atoms with van der Waals surface area (Å²) in [5, 5.41) is 1.27. The van der Waals surface area contributed by atoms with Gasteiger partial charge in [0.25, 0.3) is 0 Å². The molecule has 7 atom stereocenters. The maximum atomic E-state index is 12.9. The topological polar surface area (TPSA) is 96.0 Å². The molecule has 0 aromatic rings. The molecule has 0 aromatic carbocycles. The molecule has 0 aromatic heterocycles. The second kappa shape index (κ2) is 7.70. The average Bonchev–Trinajstić information content (AvgIpc) is 3.06. The van der Waals surface area contributed by atoms with Crippen molar-refractivity contribution < 1.29 is 32.8 Å². The molecule has 3 rings (SSSR count). The predicted octanol–water partition coefficient (Wildman–Crippen LogP) is 2.28. The monoisotopic (exact) mass is 424 g/mol. The van der Waals surface area contributed by atoms with Crippen molar-refractivity contribution >= 4 is 28.7 Å². The van der Waals surface area contributed by atoms with Crippen LogP contribution in [0.2, 0.25) is 0 Å². The van der Waals surface area contributed by atoms with Gasteiger partial charge in [-0.25, -0.2) is 4.79 Å². The molecule has 29 heavy (non-hydrogen) atoms. The van der Waals surface area contributed by atoms with Gasteiger partial charge >= 0.3 is 17.9 Å². The molecule has 1 saturated heterocycles. The second-order valence-corrected chi connectivity index (χ2v) is 9.91. The number of cyclic esters (lactones) is 1. The van der Waals surface area contributed by atoms with Gasteiger partial charge in [0.05, 0.1) is 0 Å². The highest BCUT2D eigenvalue weighted by Gasteiger charge is 2.71. The van der Waals surface area contributed by atoms with E-state index in [1.165, 1.54) is 18.6 Å². The largest absolute Gasteiger partial charge is 0.461 e. The number of hydrogen-bond donors (Lipinski definition) is 0. The van der Waals surface area contributed by atoms with E-state index < -0.39 is 51.7 Å². The minimum atomic E-state index is -1.27. The molecule has 0 N–H and O–H groups in total. The first-order valence-corrected chi connectivity index (χ1v) is 11.4. The summed E-state index contributed by atoms with van der Waals surface area (Å²) in [5.74, 6) is -1.68. The molecule has 8 heteroatoms. The Morgan fingerprint density at radius 1 is 1.31 bits per heavy atom. The van der Waals surface area contributed by atoms with Crippen LogP contribution in [0.4, 0.5) is 0 Å². The lowest BCUT2D eigenvalue weighted by molar-refractivity contribution is -0.172. The summed E-state index contributed by atoms with van der Waals surface area (Å²) < 4.78 is 28.0. The molecule has 0 radical (unpaired) electrons. The van der Waals surface area contributed by atoms with Gasteiger partial charge in [-0.3, -0.25) is 13.8 Å². The Bertz CT molecular complexity index is 785. The van der Waals surface area contributed by atoms with Gasteiger partial charge in [0.2, 0.25) is 0 Å². The van der Waals surface area contributed by atoms with E-state index in [2.05, 4.69) is 20.4 Å². The van der Waals surface area contributed by atoms with Crippen LogP contribution >= 0.6 is 0 Å². The van der Waals surface area contributed by atoms with Crippen molar-refractivity contribution in [3.63, 3.8) is 0 Å². The number of carbonyl (C=O) groups excluding carboxylic acids is 3. The smallest absolute Gasteiger partial charge is 0.331 e. The van der Waals surface area contributed by atoms with Crippen molar-refractivity contribution in [2.45, 2.75) is 52.2 Å². The third kappa shape index (κ3) is 3.56. The predicted molar refractivity (Wildman–Crippen MR) is 106 cm³/mol. The van der Waals surface area contributed by atoms with Crippen molar-refractivity contribution in [1.29, 1.82) is 0 Å². The van der Waals surface area contributed by atoms with Gasteiger partial charge in [-0.2, -0.15) is 0 Å². The molecular weight excluding hydrogens is 396 g/mol. The molecule has 160 valence electrons. The molecule has 2 saturated carbocycles. The maximum absolute atomic E-state index is 12.9. The van der Waals surface area contributed by atoms with E-state index in [9.17, 15) is 18.6 Å². The standard InChI is InChI=1S/C21H28O7S/c1-12-6-7-15(28-16(23)8-9-29(5)25)17-18(27-14(3)22)21(11-20(12,17)4)13(2)10-26-19(21)24/h8-9,12,15,17-18H,2,6-7,10-11H2,1,3-5H3/b9-8+/t12-,15-,17+,18+,20+,21+,29+/m0/s1. The summed E-state index contributed by atoms with van der Waals surface area (Å²) in [7, 11) is -1.27. The van der Waals surface area contributed by atoms with Crippen LogP contribution in [-0.2, 0) is 39.4 Å². The highest BCUT2D eigenvalue weighted by Crippen LogP contribution is 2.66. The van der Waals surface area contributed by atoms with E-state index >= 15 is 0 Å². The molecule has 0 bridgehead atoms. The van der Waals surface area contributed by atoms with Crippen molar-refractivity contribution in [2.75, 3.05) is 12.9 Å². The second-order valence-electron chi connectivity index (χ2n) is 8.64. The summed E-state index contributed by atoms with van der Waals surface area (Å²) >= 11 is 0. The van der Waals surface area contributed by atoms with Crippen LogP contribution < -0.4 is 0 Å². The Morgan fingerprint density at radius 3 is 2.55 bits per heavy atom. The SMILES string of the molecule is C=C1COC(=O)[C@]12C[C@@]1(C)[C@H]([C@@H](OC(=O)/C=C/[S@@](C)=O)CC[C@@H]1C)[C@H]2OC(C)=O. The van der Waals surface area contributed by atoms with Crippen LogP contribution in [0, 0.1) is 22.7 Å². The van der Waals surface area contributed by atoms with Crippen LogP contribution in [0.5, 0.6) is 0 Å². The molecule has 1 aliphatic heterocycles. The summed E-state index contributed by atoms with van der Waals surface area (Å²) in [5.41, 5.74) is -0.926. The third-order valence-corrected chi connectivity index (χ3v) is 7.49. The van der Waals surface area contributed by atoms with Crippen LogP contribution in [0.3, 0.4) is 0 Å². The number of carbonyl (C=O) groups is 3. The number of hydrogen-bond acceptors (Lipinski definition) is 7. The fourth-order valence-electron chi connectivity index (χ4n) is 5.41. The van der Waals surface area contributed by atoms with E-state index in [4.69, 9.17) is 14.2 Å². The fraction of sp³-hybridized carbons (Fsp3) is 0.667. The van der Waals surface area contributed by atoms with Crippen LogP contribution in [0.15, 0.2) is 23.6 Å². The Hall–Kier alpha value is -1.96. The first-order valence-electron chi connectivity index (χ1n) is 9.76. The van der Waals surface area contributed by atoms with Gasteiger partial charge in [-0.05, 0) is 36.2 Å². The number of fused-ring (bicyclic) bond motifs is 1. The lowest BCUT2D eigenvalue weighted by Crippen LogP contribution is -2.50. The van der Waals surface area contributed by atoms with Crippen LogP contribution in [0.1, 0.15) is 40.0 Å². The number of ether oxygens (including phenoxy) is 3. The minimum absolute atomic E-state index is 0.100. The zero-order chi connectivity index (χ0) is 21.6. The van der Waals surface area contributed by atoms with Crippen molar-refractivity contribution in [3.05, 3.63) is 23.6 Å². The maximum Gasteiger partial charge on any atom is 0.331 e. The van der Waals surface area contributed by atoms with Gasteiger partial charge in [0.1, 0.15) is 24.2 Å². The van der Waals surface area contributed by atoms with Crippen molar-refractivity contribution in [1.82, 2.24) is 0 Å². The molecule has 3 aliphatic rings. The highest BCUT2D eigenvalue weighted by molar-refractivity contribution is 7.87. The first kappa shape index (κ1) is 21.7. The molecule has 1 heterocycles. The lowest BCUT2D eigenvalue weighted by Gasteiger charge is -2.46. The molecule has 3 fully saturated rings. The molecule has 2 aliphatic carbocycles. The van der Waals surface area contributed by atoms with Gasteiger partial charge in [-0.1, -0.05) is 20.4 Å². The highest BCUT2D eigenvalue weighted by atomic mass is 32.2. The molecule has 1 spiro atoms. The molecular formula is C21H28O7S. The third-order valence-electron chi connectivity index (χ3n) is 6.97. The average molecular weight is 425 g/mol. The summed E-state index contributed by atoms with van der Waals surface area (Å²) in [4.78, 5) is 37.1. The van der Waals surface area contributed by atoms with E-state index in [-0.39, 0.29) is 18.4 Å². The van der Waals surface area contributed by atoms with E-state index in [1.54, 1.807) is 0 Å². The van der Waals surface area contributed by atoms with E-state index in [1.807, 2.05) is 0 Å². The van der Waals surface area contributed by atoms with Gasteiger partial charge < -0.3 is 14.2 Å². The first-order chi connectivity index (χ1) is 13.5. The lowest BCUT2D eigenvalue weighted by atomic mass is 9.61. The Morgan fingerprint density at radius 2 is 2.00 bits per heavy atom. The van der Waals surface area contributed by atoms with Gasteiger partial charge in [0.15, 0.2) is 0 Å². The van der Waals surface area contributed by atoms with Crippen LogP contribution in [0.25, 0.3) is 0 Å². The Kier molecular flexibility index (Phi) is 5.77. The Balaban J connectivity index is 2.02. The zero-order valence-electron chi connectivity index (χ0n) is 17.3. The molecule has 0 amide bonds. The Labute approximate surface area is 173 Å². The quantitative estimate of drug-likeness (QED) is 0.296. The van der Waals surface area contributed by atoms with Crippen LogP contribution in [-0.4, -0.2) is 47.2 Å². The van der Waals surface area contributed by atoms with Gasteiger partial charge in [-0.15, -0.1) is 0 Å². The minimum Gasteiger partial charge on any atom is -0.461 e. The fourth-order valence-corrected chi connectivity index (χ4v) is 5.71. The summed E-state index contributed by atoms with van der Waals surface area (Å²) in [6, 6.07) is 0. The van der Waals surface area contributed by atoms with E-state index in [0.717, 1.165) is 12.5 Å². The van der Waals surface area contributed by atoms with Crippen molar-refractivity contribution in [3.8, 4) is 0 Å². The van der Waals surface area contributed by atoms with Crippen molar-refractivity contribution in [2.24, 2.45) is 22.7 Å².